The predicted molar refractivity (Wildman–Crippen MR) is 88.9 cm³/mol. The first-order chi connectivity index (χ1) is 10.3. The summed E-state index contributed by atoms with van der Waals surface area (Å²) >= 11 is 0. The standard InChI is InChI=1S/C17H22N4O/c1-12-7-5-6-8-13(12)11-16(22)18-14-9-10-15(21-20-14)19-17(2,3)4/h5-10H,11H2,1-4H3,(H,19,21)(H,18,20,22). The predicted octanol–water partition coefficient (Wildman–Crippen LogP) is 3.18. The average Bonchev–Trinajstić information content (AvgIpc) is 2.42. The fourth-order valence-corrected chi connectivity index (χ4v) is 2.02. The van der Waals surface area contributed by atoms with Crippen LogP contribution >= 0.6 is 0 Å². The number of amides is 1. The number of carbonyl (C=O) groups excluding carboxylic acids is 1. The van der Waals surface area contributed by atoms with Gasteiger partial charge in [0, 0.05) is 5.54 Å². The van der Waals surface area contributed by atoms with Crippen molar-refractivity contribution in [2.24, 2.45) is 0 Å². The molecule has 1 aromatic carbocycles. The Morgan fingerprint density at radius 1 is 1.05 bits per heavy atom. The highest BCUT2D eigenvalue weighted by atomic mass is 16.1. The van der Waals surface area contributed by atoms with E-state index < -0.39 is 0 Å². The molecule has 0 unspecified atom stereocenters. The fraction of sp³-hybridized carbons (Fsp3) is 0.353. The van der Waals surface area contributed by atoms with Gasteiger partial charge in [-0.05, 0) is 51.0 Å². The normalized spacial score (nSPS) is 11.1. The van der Waals surface area contributed by atoms with Crippen molar-refractivity contribution in [2.75, 3.05) is 10.6 Å². The molecule has 0 fully saturated rings. The Hall–Kier alpha value is -2.43. The molecular weight excluding hydrogens is 276 g/mol. The number of rotatable bonds is 4. The molecule has 0 saturated heterocycles. The molecule has 2 N–H and O–H groups in total. The van der Waals surface area contributed by atoms with Crippen LogP contribution in [0.15, 0.2) is 36.4 Å². The zero-order valence-corrected chi connectivity index (χ0v) is 13.5. The van der Waals surface area contributed by atoms with Crippen LogP contribution in [0.2, 0.25) is 0 Å². The van der Waals surface area contributed by atoms with Crippen molar-refractivity contribution in [2.45, 2.75) is 39.7 Å². The number of nitrogens with one attached hydrogen (secondary N) is 2. The molecule has 1 heterocycles. The van der Waals surface area contributed by atoms with E-state index in [9.17, 15) is 4.79 Å². The summed E-state index contributed by atoms with van der Waals surface area (Å²) in [6, 6.07) is 11.4. The molecule has 0 aliphatic rings. The van der Waals surface area contributed by atoms with Gasteiger partial charge in [0.25, 0.3) is 0 Å². The summed E-state index contributed by atoms with van der Waals surface area (Å²) in [6.07, 6.45) is 0.330. The van der Waals surface area contributed by atoms with Crippen LogP contribution in [0.3, 0.4) is 0 Å². The summed E-state index contributed by atoms with van der Waals surface area (Å²) in [5.41, 5.74) is 2.04. The van der Waals surface area contributed by atoms with E-state index in [1.54, 1.807) is 6.07 Å². The monoisotopic (exact) mass is 298 g/mol. The second kappa shape index (κ2) is 6.56. The lowest BCUT2D eigenvalue weighted by molar-refractivity contribution is -0.115. The van der Waals surface area contributed by atoms with Gasteiger partial charge in [-0.15, -0.1) is 10.2 Å². The van der Waals surface area contributed by atoms with Crippen molar-refractivity contribution >= 4 is 17.5 Å². The van der Waals surface area contributed by atoms with Gasteiger partial charge in [-0.2, -0.15) is 0 Å². The number of aryl methyl sites for hydroxylation is 1. The number of hydrogen-bond acceptors (Lipinski definition) is 4. The number of benzene rings is 1. The van der Waals surface area contributed by atoms with Crippen molar-refractivity contribution in [3.8, 4) is 0 Å². The molecular formula is C17H22N4O. The van der Waals surface area contributed by atoms with E-state index in [1.165, 1.54) is 0 Å². The highest BCUT2D eigenvalue weighted by molar-refractivity contribution is 5.91. The third-order valence-electron chi connectivity index (χ3n) is 3.05. The summed E-state index contributed by atoms with van der Waals surface area (Å²) in [7, 11) is 0. The SMILES string of the molecule is Cc1ccccc1CC(=O)Nc1ccc(NC(C)(C)C)nn1. The van der Waals surface area contributed by atoms with Crippen LogP contribution in [-0.4, -0.2) is 21.6 Å². The Labute approximate surface area is 131 Å². The van der Waals surface area contributed by atoms with Crippen LogP contribution in [-0.2, 0) is 11.2 Å². The second-order valence-electron chi connectivity index (χ2n) is 6.33. The Bertz CT molecular complexity index is 644. The molecule has 2 rings (SSSR count). The lowest BCUT2D eigenvalue weighted by Gasteiger charge is -2.20. The van der Waals surface area contributed by atoms with Gasteiger partial charge < -0.3 is 10.6 Å². The van der Waals surface area contributed by atoms with Gasteiger partial charge in [0.1, 0.15) is 5.82 Å². The second-order valence-corrected chi connectivity index (χ2v) is 6.33. The molecule has 22 heavy (non-hydrogen) atoms. The quantitative estimate of drug-likeness (QED) is 0.909. The third kappa shape index (κ3) is 4.84. The average molecular weight is 298 g/mol. The Balaban J connectivity index is 1.96. The number of anilines is 2. The van der Waals surface area contributed by atoms with Gasteiger partial charge in [0.15, 0.2) is 5.82 Å². The van der Waals surface area contributed by atoms with Crippen molar-refractivity contribution in [1.29, 1.82) is 0 Å². The molecule has 5 nitrogen and oxygen atoms in total. The smallest absolute Gasteiger partial charge is 0.230 e. The minimum atomic E-state index is -0.0971. The van der Waals surface area contributed by atoms with Crippen LogP contribution in [0.1, 0.15) is 31.9 Å². The molecule has 0 saturated carbocycles. The maximum atomic E-state index is 12.1. The Morgan fingerprint density at radius 3 is 2.27 bits per heavy atom. The van der Waals surface area contributed by atoms with Crippen molar-refractivity contribution in [3.63, 3.8) is 0 Å². The molecule has 1 aromatic heterocycles. The molecule has 0 spiro atoms. The van der Waals surface area contributed by atoms with Gasteiger partial charge in [-0.25, -0.2) is 0 Å². The lowest BCUT2D eigenvalue weighted by atomic mass is 10.1. The van der Waals surface area contributed by atoms with Gasteiger partial charge in [-0.1, -0.05) is 24.3 Å². The molecule has 2 aromatic rings. The zero-order chi connectivity index (χ0) is 16.2. The van der Waals surface area contributed by atoms with E-state index in [2.05, 4.69) is 20.8 Å². The fourth-order valence-electron chi connectivity index (χ4n) is 2.02. The number of carbonyl (C=O) groups is 1. The molecule has 5 heteroatoms. The Morgan fingerprint density at radius 2 is 1.68 bits per heavy atom. The maximum absolute atomic E-state index is 12.1. The molecule has 0 radical (unpaired) electrons. The van der Waals surface area contributed by atoms with E-state index in [0.29, 0.717) is 18.1 Å². The summed E-state index contributed by atoms with van der Waals surface area (Å²) in [5, 5.41) is 14.1. The van der Waals surface area contributed by atoms with Gasteiger partial charge in [-0.3, -0.25) is 4.79 Å². The minimum absolute atomic E-state index is 0.0791. The Kier molecular flexibility index (Phi) is 4.75. The zero-order valence-electron chi connectivity index (χ0n) is 13.5. The summed E-state index contributed by atoms with van der Waals surface area (Å²) in [4.78, 5) is 12.1. The largest absolute Gasteiger partial charge is 0.364 e. The first kappa shape index (κ1) is 15.9. The van der Waals surface area contributed by atoms with E-state index >= 15 is 0 Å². The topological polar surface area (TPSA) is 66.9 Å². The third-order valence-corrected chi connectivity index (χ3v) is 3.05. The van der Waals surface area contributed by atoms with E-state index in [4.69, 9.17) is 0 Å². The lowest BCUT2D eigenvalue weighted by Crippen LogP contribution is -2.27. The molecule has 0 atom stereocenters. The van der Waals surface area contributed by atoms with E-state index in [-0.39, 0.29) is 11.4 Å². The van der Waals surface area contributed by atoms with Crippen molar-refractivity contribution < 1.29 is 4.79 Å². The van der Waals surface area contributed by atoms with E-state index in [1.807, 2.05) is 58.0 Å². The number of hydrogen-bond donors (Lipinski definition) is 2. The van der Waals surface area contributed by atoms with Crippen molar-refractivity contribution in [1.82, 2.24) is 10.2 Å². The molecule has 0 bridgehead atoms. The molecule has 0 aliphatic carbocycles. The first-order valence-corrected chi connectivity index (χ1v) is 7.30. The minimum Gasteiger partial charge on any atom is -0.364 e. The maximum Gasteiger partial charge on any atom is 0.230 e. The molecule has 116 valence electrons. The molecule has 1 amide bonds. The van der Waals surface area contributed by atoms with E-state index in [0.717, 1.165) is 11.1 Å². The van der Waals surface area contributed by atoms with Crippen LogP contribution in [0.5, 0.6) is 0 Å². The van der Waals surface area contributed by atoms with Crippen molar-refractivity contribution in [3.05, 3.63) is 47.5 Å². The number of aromatic nitrogens is 2. The number of nitrogens with zero attached hydrogens (tertiary/aromatic N) is 2. The van der Waals surface area contributed by atoms with Crippen LogP contribution in [0.4, 0.5) is 11.6 Å². The highest BCUT2D eigenvalue weighted by Crippen LogP contribution is 2.13. The van der Waals surface area contributed by atoms with Gasteiger partial charge in [0.05, 0.1) is 6.42 Å². The van der Waals surface area contributed by atoms with Gasteiger partial charge >= 0.3 is 0 Å². The summed E-state index contributed by atoms with van der Waals surface area (Å²) in [6.45, 7) is 8.14. The van der Waals surface area contributed by atoms with Crippen LogP contribution in [0.25, 0.3) is 0 Å². The van der Waals surface area contributed by atoms with Crippen LogP contribution in [0, 0.1) is 6.92 Å². The van der Waals surface area contributed by atoms with Gasteiger partial charge in [0.2, 0.25) is 5.91 Å². The summed E-state index contributed by atoms with van der Waals surface area (Å²) < 4.78 is 0. The van der Waals surface area contributed by atoms with Crippen LogP contribution < -0.4 is 10.6 Å². The highest BCUT2D eigenvalue weighted by Gasteiger charge is 2.11. The summed E-state index contributed by atoms with van der Waals surface area (Å²) in [5.74, 6) is 1.04. The molecule has 0 aliphatic heterocycles. The first-order valence-electron chi connectivity index (χ1n) is 7.30.